The summed E-state index contributed by atoms with van der Waals surface area (Å²) in [5.74, 6) is 0. The fourth-order valence-electron chi connectivity index (χ4n) is 2.60. The van der Waals surface area contributed by atoms with E-state index in [4.69, 9.17) is 9.47 Å². The van der Waals surface area contributed by atoms with Crippen LogP contribution in [0.25, 0.3) is 0 Å². The van der Waals surface area contributed by atoms with E-state index in [0.717, 1.165) is 16.8 Å². The van der Waals surface area contributed by atoms with Crippen molar-refractivity contribution in [3.05, 3.63) is 16.4 Å². The number of rotatable bonds is 0. The molecule has 0 aromatic carbocycles. The topological polar surface area (TPSA) is 56.6 Å². The van der Waals surface area contributed by atoms with Crippen LogP contribution in [0.1, 0.15) is 26.5 Å². The van der Waals surface area contributed by atoms with E-state index in [2.05, 4.69) is 21.0 Å². The molecule has 0 atom stereocenters. The van der Waals surface area contributed by atoms with Gasteiger partial charge in [-0.25, -0.2) is 4.79 Å². The highest BCUT2D eigenvalue weighted by Crippen LogP contribution is 2.39. The van der Waals surface area contributed by atoms with Crippen molar-refractivity contribution in [2.45, 2.75) is 38.5 Å². The van der Waals surface area contributed by atoms with E-state index in [1.807, 2.05) is 31.5 Å². The van der Waals surface area contributed by atoms with E-state index in [0.29, 0.717) is 19.7 Å². The maximum absolute atomic E-state index is 12.0. The number of hydrogen-bond acceptors (Lipinski definition) is 4. The van der Waals surface area contributed by atoms with Gasteiger partial charge in [-0.1, -0.05) is 0 Å². The van der Waals surface area contributed by atoms with Gasteiger partial charge in [-0.15, -0.1) is 0 Å². The molecular weight excluding hydrogens is 326 g/mol. The highest BCUT2D eigenvalue weighted by atomic mass is 79.9. The third-order valence-corrected chi connectivity index (χ3v) is 3.83. The molecule has 1 amide bonds. The summed E-state index contributed by atoms with van der Waals surface area (Å²) in [6.07, 6.45) is -0.289. The van der Waals surface area contributed by atoms with E-state index in [1.165, 1.54) is 0 Å². The number of carbonyl (C=O) groups excluding carboxylic acids is 1. The van der Waals surface area contributed by atoms with Crippen LogP contribution in [0.15, 0.2) is 10.7 Å². The Morgan fingerprint density at radius 1 is 1.50 bits per heavy atom. The Kier molecular flexibility index (Phi) is 3.10. The Hall–Kier alpha value is -1.08. The Labute approximate surface area is 126 Å². The van der Waals surface area contributed by atoms with E-state index in [9.17, 15) is 4.79 Å². The van der Waals surface area contributed by atoms with Crippen LogP contribution >= 0.6 is 15.9 Å². The second-order valence-electron chi connectivity index (χ2n) is 6.25. The van der Waals surface area contributed by atoms with Crippen molar-refractivity contribution >= 4 is 22.0 Å². The van der Waals surface area contributed by atoms with Gasteiger partial charge >= 0.3 is 6.09 Å². The van der Waals surface area contributed by atoms with Crippen LogP contribution < -0.4 is 0 Å². The molecule has 20 heavy (non-hydrogen) atoms. The number of hydrogen-bond donors (Lipinski definition) is 0. The number of likely N-dealkylation sites (tertiary alicyclic amines) is 1. The van der Waals surface area contributed by atoms with Gasteiger partial charge in [0, 0.05) is 0 Å². The zero-order valence-corrected chi connectivity index (χ0v) is 13.4. The van der Waals surface area contributed by atoms with Crippen LogP contribution in [0.2, 0.25) is 0 Å². The molecule has 0 saturated carbocycles. The van der Waals surface area contributed by atoms with Crippen molar-refractivity contribution in [1.29, 1.82) is 0 Å². The lowest BCUT2D eigenvalue weighted by molar-refractivity contribution is -0.164. The number of fused-ring (bicyclic) bond motifs is 2. The molecule has 0 radical (unpaired) electrons. The molecule has 0 aliphatic carbocycles. The number of carbonyl (C=O) groups is 1. The Morgan fingerprint density at radius 3 is 2.85 bits per heavy atom. The van der Waals surface area contributed by atoms with Gasteiger partial charge in [-0.3, -0.25) is 4.68 Å². The Balaban J connectivity index is 1.72. The lowest BCUT2D eigenvalue weighted by atomic mass is 9.89. The molecule has 7 heteroatoms. The monoisotopic (exact) mass is 343 g/mol. The van der Waals surface area contributed by atoms with E-state index in [1.54, 1.807) is 4.90 Å². The molecule has 1 aromatic rings. The van der Waals surface area contributed by atoms with Crippen LogP contribution in [0, 0.1) is 0 Å². The molecule has 6 nitrogen and oxygen atoms in total. The smallest absolute Gasteiger partial charge is 0.410 e. The normalized spacial score (nSPS) is 20.5. The van der Waals surface area contributed by atoms with Gasteiger partial charge in [-0.05, 0) is 42.8 Å². The third-order valence-electron chi connectivity index (χ3n) is 3.44. The standard InChI is InChI=1S/C13H18BrN3O3/c1-12(2,3)20-11(18)16-7-13(8-16)9-6-10(14)15-17(9)4-5-19-13/h6H,4-5,7-8H2,1-3H3. The minimum absolute atomic E-state index is 0.289. The lowest BCUT2D eigenvalue weighted by Gasteiger charge is -2.50. The SMILES string of the molecule is CC(C)(C)OC(=O)N1CC2(C1)OCCn1nc(Br)cc12. The lowest BCUT2D eigenvalue weighted by Crippen LogP contribution is -2.65. The molecule has 1 fully saturated rings. The fourth-order valence-corrected chi connectivity index (χ4v) is 3.01. The minimum Gasteiger partial charge on any atom is -0.444 e. The maximum atomic E-state index is 12.0. The maximum Gasteiger partial charge on any atom is 0.410 e. The Bertz CT molecular complexity index is 544. The van der Waals surface area contributed by atoms with Crippen molar-refractivity contribution in [3.8, 4) is 0 Å². The molecule has 0 bridgehead atoms. The number of aromatic nitrogens is 2. The highest BCUT2D eigenvalue weighted by molar-refractivity contribution is 9.10. The predicted molar refractivity (Wildman–Crippen MR) is 75.4 cm³/mol. The third kappa shape index (κ3) is 2.33. The number of ether oxygens (including phenoxy) is 2. The summed E-state index contributed by atoms with van der Waals surface area (Å²) in [5, 5.41) is 4.38. The van der Waals surface area contributed by atoms with Gasteiger partial charge < -0.3 is 14.4 Å². The number of amides is 1. The van der Waals surface area contributed by atoms with Crippen LogP contribution in [0.4, 0.5) is 4.79 Å². The van der Waals surface area contributed by atoms with Crippen LogP contribution in [-0.4, -0.2) is 46.1 Å². The van der Waals surface area contributed by atoms with Gasteiger partial charge in [-0.2, -0.15) is 5.10 Å². The highest BCUT2D eigenvalue weighted by Gasteiger charge is 2.52. The van der Waals surface area contributed by atoms with Crippen LogP contribution in [0.5, 0.6) is 0 Å². The summed E-state index contributed by atoms with van der Waals surface area (Å²) < 4.78 is 14.0. The average Bonchev–Trinajstić information content (AvgIpc) is 2.63. The first-order valence-electron chi connectivity index (χ1n) is 6.65. The molecule has 2 aliphatic heterocycles. The first kappa shape index (κ1) is 13.9. The summed E-state index contributed by atoms with van der Waals surface area (Å²) in [5.41, 5.74) is 0.127. The zero-order chi connectivity index (χ0) is 14.5. The molecule has 3 heterocycles. The largest absolute Gasteiger partial charge is 0.444 e. The molecule has 0 N–H and O–H groups in total. The van der Waals surface area contributed by atoms with Crippen molar-refractivity contribution in [1.82, 2.24) is 14.7 Å². The zero-order valence-electron chi connectivity index (χ0n) is 11.9. The first-order chi connectivity index (χ1) is 9.29. The second-order valence-corrected chi connectivity index (χ2v) is 7.07. The summed E-state index contributed by atoms with van der Waals surface area (Å²) in [6, 6.07) is 1.96. The summed E-state index contributed by atoms with van der Waals surface area (Å²) >= 11 is 3.39. The summed E-state index contributed by atoms with van der Waals surface area (Å²) in [4.78, 5) is 13.7. The quantitative estimate of drug-likeness (QED) is 0.724. The first-order valence-corrected chi connectivity index (χ1v) is 7.44. The molecule has 0 unspecified atom stereocenters. The predicted octanol–water partition coefficient (Wildman–Crippen LogP) is 2.12. The second kappa shape index (κ2) is 4.46. The van der Waals surface area contributed by atoms with Gasteiger partial charge in [0.25, 0.3) is 0 Å². The molecule has 1 spiro atoms. The number of halogens is 1. The molecule has 1 saturated heterocycles. The van der Waals surface area contributed by atoms with Crippen molar-refractivity contribution in [2.24, 2.45) is 0 Å². The fraction of sp³-hybridized carbons (Fsp3) is 0.692. The van der Waals surface area contributed by atoms with Gasteiger partial charge in [0.15, 0.2) is 0 Å². The van der Waals surface area contributed by atoms with Crippen molar-refractivity contribution in [2.75, 3.05) is 19.7 Å². The van der Waals surface area contributed by atoms with Crippen molar-refractivity contribution in [3.63, 3.8) is 0 Å². The Morgan fingerprint density at radius 2 is 2.20 bits per heavy atom. The number of nitrogens with zero attached hydrogens (tertiary/aromatic N) is 3. The molecule has 110 valence electrons. The summed E-state index contributed by atoms with van der Waals surface area (Å²) in [6.45, 7) is 7.98. The average molecular weight is 344 g/mol. The van der Waals surface area contributed by atoms with E-state index < -0.39 is 11.2 Å². The molecule has 3 rings (SSSR count). The van der Waals surface area contributed by atoms with Crippen LogP contribution in [0.3, 0.4) is 0 Å². The van der Waals surface area contributed by atoms with Gasteiger partial charge in [0.2, 0.25) is 0 Å². The van der Waals surface area contributed by atoms with Gasteiger partial charge in [0.1, 0.15) is 15.8 Å². The van der Waals surface area contributed by atoms with E-state index in [-0.39, 0.29) is 6.09 Å². The van der Waals surface area contributed by atoms with Crippen molar-refractivity contribution < 1.29 is 14.3 Å². The minimum atomic E-state index is -0.474. The summed E-state index contributed by atoms with van der Waals surface area (Å²) in [7, 11) is 0. The molecular formula is C13H18BrN3O3. The molecule has 2 aliphatic rings. The van der Waals surface area contributed by atoms with Crippen LogP contribution in [-0.2, 0) is 21.6 Å². The van der Waals surface area contributed by atoms with E-state index >= 15 is 0 Å². The molecule has 1 aromatic heterocycles. The van der Waals surface area contributed by atoms with Gasteiger partial charge in [0.05, 0.1) is 31.9 Å².